The number of hydrogen-bond donors (Lipinski definition) is 1. The van der Waals surface area contributed by atoms with Crippen LogP contribution >= 0.6 is 11.8 Å². The molecule has 2 aromatic carbocycles. The predicted octanol–water partition coefficient (Wildman–Crippen LogP) is 4.88. The molecule has 3 aromatic rings. The molecule has 0 fully saturated rings. The minimum absolute atomic E-state index is 0.353. The number of hydrogen-bond acceptors (Lipinski definition) is 6. The molecule has 0 amide bonds. The van der Waals surface area contributed by atoms with Crippen molar-refractivity contribution in [1.82, 2.24) is 15.2 Å². The standard InChI is InChI=1S/C21H20N4OS/c1-2-14-27-21-23-20-19(24-25-21)16-10-6-7-11-17(16)22-18(26-20)13-12-15-8-4-3-5-9-15/h3-13,18,22H,2,14H2,1H3/b13-12+/t18-/m0/s1. The summed E-state index contributed by atoms with van der Waals surface area (Å²) in [5.41, 5.74) is 3.66. The van der Waals surface area contributed by atoms with Crippen LogP contribution < -0.4 is 10.1 Å². The molecule has 2 heterocycles. The van der Waals surface area contributed by atoms with E-state index in [2.05, 4.69) is 39.6 Å². The third-order valence-electron chi connectivity index (χ3n) is 4.05. The van der Waals surface area contributed by atoms with Gasteiger partial charge in [-0.3, -0.25) is 0 Å². The van der Waals surface area contributed by atoms with Crippen molar-refractivity contribution in [2.45, 2.75) is 24.7 Å². The number of nitrogens with one attached hydrogen (secondary N) is 1. The van der Waals surface area contributed by atoms with E-state index in [0.29, 0.717) is 16.7 Å². The minimum atomic E-state index is -0.353. The van der Waals surface area contributed by atoms with Gasteiger partial charge in [-0.15, -0.1) is 10.2 Å². The average molecular weight is 376 g/mol. The molecular weight excluding hydrogens is 356 g/mol. The first-order valence-electron chi connectivity index (χ1n) is 8.97. The number of thioether (sulfide) groups is 1. The highest BCUT2D eigenvalue weighted by molar-refractivity contribution is 7.99. The first-order chi connectivity index (χ1) is 13.3. The van der Waals surface area contributed by atoms with Crippen LogP contribution in [0.1, 0.15) is 18.9 Å². The van der Waals surface area contributed by atoms with E-state index in [1.807, 2.05) is 54.6 Å². The van der Waals surface area contributed by atoms with E-state index in [9.17, 15) is 0 Å². The van der Waals surface area contributed by atoms with E-state index in [0.717, 1.165) is 29.0 Å². The van der Waals surface area contributed by atoms with Crippen molar-refractivity contribution in [3.05, 3.63) is 66.2 Å². The van der Waals surface area contributed by atoms with Crippen LogP contribution in [0.15, 0.2) is 65.8 Å². The van der Waals surface area contributed by atoms with Crippen LogP contribution in [0.4, 0.5) is 5.69 Å². The maximum Gasteiger partial charge on any atom is 0.247 e. The second-order valence-corrected chi connectivity index (χ2v) is 7.16. The van der Waals surface area contributed by atoms with Crippen molar-refractivity contribution in [1.29, 1.82) is 0 Å². The molecular formula is C21H20N4OS. The Balaban J connectivity index is 1.69. The van der Waals surface area contributed by atoms with Gasteiger partial charge in [-0.05, 0) is 24.1 Å². The lowest BCUT2D eigenvalue weighted by Crippen LogP contribution is -2.23. The third-order valence-corrected chi connectivity index (χ3v) is 5.10. The normalized spacial score (nSPS) is 15.4. The quantitative estimate of drug-likeness (QED) is 0.640. The van der Waals surface area contributed by atoms with Crippen molar-refractivity contribution < 1.29 is 4.74 Å². The van der Waals surface area contributed by atoms with Gasteiger partial charge >= 0.3 is 0 Å². The number of ether oxygens (including phenoxy) is 1. The summed E-state index contributed by atoms with van der Waals surface area (Å²) in [6.45, 7) is 2.13. The van der Waals surface area contributed by atoms with Crippen molar-refractivity contribution in [3.8, 4) is 17.1 Å². The van der Waals surface area contributed by atoms with Crippen LogP contribution in [0, 0.1) is 0 Å². The molecule has 6 heteroatoms. The van der Waals surface area contributed by atoms with E-state index in [1.54, 1.807) is 11.8 Å². The van der Waals surface area contributed by atoms with Crippen LogP contribution in [0.25, 0.3) is 17.3 Å². The first kappa shape index (κ1) is 17.5. The molecule has 0 saturated heterocycles. The molecule has 0 spiro atoms. The highest BCUT2D eigenvalue weighted by atomic mass is 32.2. The summed E-state index contributed by atoms with van der Waals surface area (Å²) in [6, 6.07) is 18.1. The van der Waals surface area contributed by atoms with E-state index >= 15 is 0 Å². The molecule has 0 aliphatic carbocycles. The van der Waals surface area contributed by atoms with Crippen LogP contribution in [0.2, 0.25) is 0 Å². The molecule has 136 valence electrons. The van der Waals surface area contributed by atoms with E-state index in [4.69, 9.17) is 4.74 Å². The SMILES string of the molecule is CCCSc1nnc2c(n1)O[C@@H](/C=C/c1ccccc1)Nc1ccccc1-2. The maximum absolute atomic E-state index is 6.16. The molecule has 0 saturated carbocycles. The van der Waals surface area contributed by atoms with Crippen LogP contribution in [0.3, 0.4) is 0 Å². The fourth-order valence-corrected chi connectivity index (χ4v) is 3.40. The van der Waals surface area contributed by atoms with E-state index < -0.39 is 0 Å². The zero-order valence-corrected chi connectivity index (χ0v) is 15.8. The van der Waals surface area contributed by atoms with Gasteiger partial charge in [-0.25, -0.2) is 0 Å². The van der Waals surface area contributed by atoms with E-state index in [1.165, 1.54) is 0 Å². The second kappa shape index (κ2) is 8.22. The molecule has 1 aromatic heterocycles. The zero-order valence-electron chi connectivity index (χ0n) is 15.0. The highest BCUT2D eigenvalue weighted by Crippen LogP contribution is 2.36. The Bertz CT molecular complexity index is 946. The molecule has 0 bridgehead atoms. The van der Waals surface area contributed by atoms with Gasteiger partial charge in [0.05, 0.1) is 0 Å². The molecule has 1 aliphatic rings. The number of para-hydroxylation sites is 1. The summed E-state index contributed by atoms with van der Waals surface area (Å²) in [7, 11) is 0. The fraction of sp³-hybridized carbons (Fsp3) is 0.190. The van der Waals surface area contributed by atoms with Crippen LogP contribution in [-0.4, -0.2) is 27.2 Å². The third kappa shape index (κ3) is 4.11. The van der Waals surface area contributed by atoms with Crippen molar-refractivity contribution >= 4 is 23.5 Å². The van der Waals surface area contributed by atoms with Gasteiger partial charge < -0.3 is 10.1 Å². The number of benzene rings is 2. The van der Waals surface area contributed by atoms with Gasteiger partial charge in [0, 0.05) is 17.0 Å². The fourth-order valence-electron chi connectivity index (χ4n) is 2.77. The smallest absolute Gasteiger partial charge is 0.247 e. The molecule has 1 N–H and O–H groups in total. The number of fused-ring (bicyclic) bond motifs is 3. The molecule has 4 rings (SSSR count). The summed E-state index contributed by atoms with van der Waals surface area (Å²) < 4.78 is 6.16. The summed E-state index contributed by atoms with van der Waals surface area (Å²) in [6.07, 6.45) is 4.72. The topological polar surface area (TPSA) is 59.9 Å². The van der Waals surface area contributed by atoms with Crippen molar-refractivity contribution in [2.24, 2.45) is 0 Å². The molecule has 1 atom stereocenters. The summed E-state index contributed by atoms with van der Waals surface area (Å²) >= 11 is 1.59. The predicted molar refractivity (Wildman–Crippen MR) is 110 cm³/mol. The molecule has 5 nitrogen and oxygen atoms in total. The van der Waals surface area contributed by atoms with Crippen LogP contribution in [0.5, 0.6) is 5.88 Å². The number of anilines is 1. The Morgan fingerprint density at radius 2 is 1.89 bits per heavy atom. The first-order valence-corrected chi connectivity index (χ1v) is 9.95. The molecule has 1 aliphatic heterocycles. The molecule has 27 heavy (non-hydrogen) atoms. The Morgan fingerprint density at radius 3 is 2.74 bits per heavy atom. The molecule has 0 radical (unpaired) electrons. The van der Waals surface area contributed by atoms with E-state index in [-0.39, 0.29) is 6.23 Å². The monoisotopic (exact) mass is 376 g/mol. The van der Waals surface area contributed by atoms with Gasteiger partial charge in [0.15, 0.2) is 11.9 Å². The minimum Gasteiger partial charge on any atom is -0.448 e. The van der Waals surface area contributed by atoms with Gasteiger partial charge in [0.2, 0.25) is 11.0 Å². The zero-order chi connectivity index (χ0) is 18.5. The Morgan fingerprint density at radius 1 is 1.07 bits per heavy atom. The maximum atomic E-state index is 6.16. The van der Waals surface area contributed by atoms with Crippen LogP contribution in [-0.2, 0) is 0 Å². The van der Waals surface area contributed by atoms with Gasteiger partial charge in [0.1, 0.15) is 0 Å². The number of aromatic nitrogens is 3. The van der Waals surface area contributed by atoms with Crippen molar-refractivity contribution in [3.63, 3.8) is 0 Å². The summed E-state index contributed by atoms with van der Waals surface area (Å²) in [4.78, 5) is 4.61. The lowest BCUT2D eigenvalue weighted by atomic mass is 10.1. The van der Waals surface area contributed by atoms with Gasteiger partial charge in [-0.1, -0.05) is 73.3 Å². The Labute approximate surface area is 162 Å². The number of rotatable bonds is 5. The lowest BCUT2D eigenvalue weighted by Gasteiger charge is -2.15. The largest absolute Gasteiger partial charge is 0.448 e. The van der Waals surface area contributed by atoms with Gasteiger partial charge in [0.25, 0.3) is 0 Å². The summed E-state index contributed by atoms with van der Waals surface area (Å²) in [5.74, 6) is 1.45. The highest BCUT2D eigenvalue weighted by Gasteiger charge is 2.23. The Kier molecular flexibility index (Phi) is 5.34. The number of nitrogens with zero attached hydrogens (tertiary/aromatic N) is 3. The van der Waals surface area contributed by atoms with Gasteiger partial charge in [-0.2, -0.15) is 4.98 Å². The van der Waals surface area contributed by atoms with Crippen molar-refractivity contribution in [2.75, 3.05) is 11.1 Å². The second-order valence-electron chi connectivity index (χ2n) is 6.09. The Hall–Kier alpha value is -2.86. The summed E-state index contributed by atoms with van der Waals surface area (Å²) in [5, 5.41) is 12.7. The molecule has 0 unspecified atom stereocenters. The lowest BCUT2D eigenvalue weighted by molar-refractivity contribution is 0.266. The average Bonchev–Trinajstić information content (AvgIpc) is 2.87.